The zero-order valence-corrected chi connectivity index (χ0v) is 20.7. The number of carbonyl (C=O) groups is 1. The van der Waals surface area contributed by atoms with E-state index in [0.29, 0.717) is 5.56 Å². The summed E-state index contributed by atoms with van der Waals surface area (Å²) < 4.78 is 0. The van der Waals surface area contributed by atoms with Gasteiger partial charge in [-0.3, -0.25) is 0 Å². The van der Waals surface area contributed by atoms with Crippen molar-refractivity contribution >= 4 is 51.3 Å². The summed E-state index contributed by atoms with van der Waals surface area (Å²) in [7, 11) is 0. The number of H-pyrrole nitrogens is 2. The summed E-state index contributed by atoms with van der Waals surface area (Å²) in [6.45, 7) is 4.31. The molecule has 4 nitrogen and oxygen atoms in total. The Morgan fingerprint density at radius 3 is 1.88 bits per heavy atom. The van der Waals surface area contributed by atoms with E-state index < -0.39 is 5.97 Å². The van der Waals surface area contributed by atoms with Gasteiger partial charge in [0.15, 0.2) is 0 Å². The van der Waals surface area contributed by atoms with Gasteiger partial charge in [0.1, 0.15) is 0 Å². The Morgan fingerprint density at radius 1 is 0.824 bits per heavy atom. The highest BCUT2D eigenvalue weighted by Crippen LogP contribution is 2.41. The lowest BCUT2D eigenvalue weighted by molar-refractivity contribution is 0.0696. The first-order valence-electron chi connectivity index (χ1n) is 11.4. The van der Waals surface area contributed by atoms with E-state index in [0.717, 1.165) is 50.0 Å². The Morgan fingerprint density at radius 2 is 1.38 bits per heavy atom. The van der Waals surface area contributed by atoms with Gasteiger partial charge in [-0.05, 0) is 64.6 Å². The molecule has 0 spiro atoms. The van der Waals surface area contributed by atoms with Crippen LogP contribution in [0.25, 0.3) is 21.8 Å². The van der Waals surface area contributed by atoms with Gasteiger partial charge >= 0.3 is 5.97 Å². The number of hydrogen-bond acceptors (Lipinski definition) is 3. The highest BCUT2D eigenvalue weighted by molar-refractivity contribution is 7.99. The molecule has 6 heteroatoms. The number of aromatic carboxylic acids is 1. The average Bonchev–Trinajstić information content (AvgIpc) is 3.44. The highest BCUT2D eigenvalue weighted by atomic mass is 32.2. The lowest BCUT2D eigenvalue weighted by Crippen LogP contribution is -2.05. The van der Waals surface area contributed by atoms with Gasteiger partial charge in [-0.15, -0.1) is 23.5 Å². The van der Waals surface area contributed by atoms with Crippen LogP contribution in [0.1, 0.15) is 46.8 Å². The molecule has 3 aromatic carbocycles. The van der Waals surface area contributed by atoms with Crippen molar-refractivity contribution in [3.8, 4) is 0 Å². The van der Waals surface area contributed by atoms with Gasteiger partial charge in [0.2, 0.25) is 0 Å². The zero-order valence-electron chi connectivity index (χ0n) is 19.1. The number of carboxylic acid groups (broad SMARTS) is 1. The zero-order chi connectivity index (χ0) is 23.7. The third-order valence-electron chi connectivity index (χ3n) is 6.08. The molecule has 0 radical (unpaired) electrons. The summed E-state index contributed by atoms with van der Waals surface area (Å²) >= 11 is 3.64. The number of rotatable bonds is 8. The predicted octanol–water partition coefficient (Wildman–Crippen LogP) is 7.75. The standard InChI is InChI=1S/C28H26N2O2S2/c1-3-33-19-8-10-21-23(15-29-25(21)13-19)27(17-6-5-7-18(12-17)28(31)32)24-16-30-26-14-20(34-4-2)9-11-22(24)26/h5-16,27,29-30H,3-4H2,1-2H3,(H,31,32). The van der Waals surface area contributed by atoms with Gasteiger partial charge in [0.25, 0.3) is 0 Å². The first-order chi connectivity index (χ1) is 16.6. The summed E-state index contributed by atoms with van der Waals surface area (Å²) in [5.41, 5.74) is 5.71. The van der Waals surface area contributed by atoms with Crippen LogP contribution in [0.2, 0.25) is 0 Å². The number of aromatic amines is 2. The Labute approximate surface area is 207 Å². The Bertz CT molecular complexity index is 1400. The molecule has 0 aliphatic rings. The second kappa shape index (κ2) is 9.65. The maximum absolute atomic E-state index is 11.8. The number of hydrogen-bond donors (Lipinski definition) is 3. The number of nitrogens with one attached hydrogen (secondary N) is 2. The van der Waals surface area contributed by atoms with E-state index in [2.05, 4.69) is 72.6 Å². The molecule has 3 N–H and O–H groups in total. The maximum atomic E-state index is 11.8. The van der Waals surface area contributed by atoms with Crippen LogP contribution in [0.3, 0.4) is 0 Å². The second-order valence-electron chi connectivity index (χ2n) is 8.13. The fourth-order valence-electron chi connectivity index (χ4n) is 4.62. The molecule has 0 aliphatic carbocycles. The summed E-state index contributed by atoms with van der Waals surface area (Å²) in [4.78, 5) is 21.2. The van der Waals surface area contributed by atoms with Gasteiger partial charge in [-0.1, -0.05) is 38.1 Å². The van der Waals surface area contributed by atoms with Gasteiger partial charge in [0.05, 0.1) is 5.56 Å². The molecule has 2 aromatic heterocycles. The molecule has 0 saturated carbocycles. The molecule has 5 rings (SSSR count). The van der Waals surface area contributed by atoms with Gasteiger partial charge < -0.3 is 15.1 Å². The lowest BCUT2D eigenvalue weighted by atomic mass is 9.84. The molecule has 34 heavy (non-hydrogen) atoms. The average molecular weight is 487 g/mol. The molecular formula is C28H26N2O2S2. The summed E-state index contributed by atoms with van der Waals surface area (Å²) in [5, 5.41) is 11.9. The van der Waals surface area contributed by atoms with E-state index >= 15 is 0 Å². The molecule has 2 heterocycles. The number of fused-ring (bicyclic) bond motifs is 2. The first-order valence-corrected chi connectivity index (χ1v) is 13.4. The largest absolute Gasteiger partial charge is 0.478 e. The van der Waals surface area contributed by atoms with Gasteiger partial charge in [0, 0.05) is 49.9 Å². The Hall–Kier alpha value is -3.09. The van der Waals surface area contributed by atoms with Crippen LogP contribution < -0.4 is 0 Å². The third-order valence-corrected chi connectivity index (χ3v) is 7.83. The molecule has 0 saturated heterocycles. The van der Waals surface area contributed by atoms with E-state index in [1.807, 2.05) is 35.7 Å². The molecule has 0 aliphatic heterocycles. The van der Waals surface area contributed by atoms with Crippen molar-refractivity contribution in [3.05, 3.63) is 95.3 Å². The number of benzene rings is 3. The van der Waals surface area contributed by atoms with Crippen LogP contribution in [-0.2, 0) is 0 Å². The number of thioether (sulfide) groups is 2. The molecule has 5 aromatic rings. The van der Waals surface area contributed by atoms with E-state index in [9.17, 15) is 9.90 Å². The highest BCUT2D eigenvalue weighted by Gasteiger charge is 2.24. The molecule has 172 valence electrons. The summed E-state index contributed by atoms with van der Waals surface area (Å²) in [6.07, 6.45) is 4.15. The topological polar surface area (TPSA) is 68.9 Å². The first kappa shape index (κ1) is 22.7. The van der Waals surface area contributed by atoms with Gasteiger partial charge in [-0.2, -0.15) is 0 Å². The summed E-state index contributed by atoms with van der Waals surface area (Å²) in [5.74, 6) is 1.02. The van der Waals surface area contributed by atoms with E-state index in [-0.39, 0.29) is 5.92 Å². The minimum absolute atomic E-state index is 0.115. The maximum Gasteiger partial charge on any atom is 0.335 e. The SMILES string of the molecule is CCSc1ccc2c(C(c3cccc(C(=O)O)c3)c3c[nH]c4cc(SCC)ccc34)c[nH]c2c1. The third kappa shape index (κ3) is 4.24. The Balaban J connectivity index is 1.71. The van der Waals surface area contributed by atoms with Crippen LogP contribution in [-0.4, -0.2) is 32.5 Å². The smallest absolute Gasteiger partial charge is 0.335 e. The molecule has 0 atom stereocenters. The normalized spacial score (nSPS) is 11.6. The van der Waals surface area contributed by atoms with Crippen LogP contribution in [0.15, 0.2) is 82.8 Å². The van der Waals surface area contributed by atoms with Crippen molar-refractivity contribution in [2.75, 3.05) is 11.5 Å². The van der Waals surface area contributed by atoms with Crippen LogP contribution in [0.4, 0.5) is 0 Å². The fraction of sp³-hybridized carbons (Fsp3) is 0.179. The van der Waals surface area contributed by atoms with E-state index in [1.54, 1.807) is 12.1 Å². The van der Waals surface area contributed by atoms with Crippen molar-refractivity contribution in [1.29, 1.82) is 0 Å². The lowest BCUT2D eigenvalue weighted by Gasteiger charge is -2.18. The van der Waals surface area contributed by atoms with Crippen molar-refractivity contribution in [2.45, 2.75) is 29.6 Å². The Kier molecular flexibility index (Phi) is 6.44. The fourth-order valence-corrected chi connectivity index (χ4v) is 6.02. The van der Waals surface area contributed by atoms with E-state index in [1.165, 1.54) is 9.79 Å². The second-order valence-corrected chi connectivity index (χ2v) is 10.8. The van der Waals surface area contributed by atoms with Crippen molar-refractivity contribution in [3.63, 3.8) is 0 Å². The number of carboxylic acids is 1. The monoisotopic (exact) mass is 486 g/mol. The van der Waals surface area contributed by atoms with Crippen molar-refractivity contribution in [2.24, 2.45) is 0 Å². The van der Waals surface area contributed by atoms with Crippen LogP contribution in [0, 0.1) is 0 Å². The number of aromatic nitrogens is 2. The van der Waals surface area contributed by atoms with Crippen LogP contribution in [0.5, 0.6) is 0 Å². The quantitative estimate of drug-likeness (QED) is 0.196. The molecule has 0 unspecified atom stereocenters. The molecule has 0 fully saturated rings. The molecule has 0 bridgehead atoms. The predicted molar refractivity (Wildman–Crippen MR) is 144 cm³/mol. The van der Waals surface area contributed by atoms with Gasteiger partial charge in [-0.25, -0.2) is 4.79 Å². The minimum Gasteiger partial charge on any atom is -0.478 e. The van der Waals surface area contributed by atoms with Crippen molar-refractivity contribution < 1.29 is 9.90 Å². The summed E-state index contributed by atoms with van der Waals surface area (Å²) in [6, 6.07) is 20.4. The van der Waals surface area contributed by atoms with Crippen LogP contribution >= 0.6 is 23.5 Å². The molecular weight excluding hydrogens is 460 g/mol. The molecule has 0 amide bonds. The van der Waals surface area contributed by atoms with E-state index in [4.69, 9.17) is 0 Å². The van der Waals surface area contributed by atoms with Crippen molar-refractivity contribution in [1.82, 2.24) is 9.97 Å². The minimum atomic E-state index is -0.916.